The van der Waals surface area contributed by atoms with Gasteiger partial charge in [-0.15, -0.1) is 0 Å². The Labute approximate surface area is 61.8 Å². The normalized spacial score (nSPS) is 42.8. The number of fused-ring (bicyclic) bond motifs is 1. The van der Waals surface area contributed by atoms with Gasteiger partial charge in [0.15, 0.2) is 0 Å². The Bertz CT molecular complexity index is 181. The van der Waals surface area contributed by atoms with E-state index in [0.717, 1.165) is 5.92 Å². The molecule has 2 fully saturated rings. The molecule has 1 heteroatoms. The van der Waals surface area contributed by atoms with E-state index in [2.05, 4.69) is 13.8 Å². The summed E-state index contributed by atoms with van der Waals surface area (Å²) in [6.45, 7) is 4.20. The molecule has 0 saturated heterocycles. The van der Waals surface area contributed by atoms with Gasteiger partial charge in [0.05, 0.1) is 0 Å². The fraction of sp³-hybridized carbons (Fsp3) is 0.889. The first-order chi connectivity index (χ1) is 4.64. The van der Waals surface area contributed by atoms with E-state index in [9.17, 15) is 4.79 Å². The molecule has 2 atom stereocenters. The Balaban J connectivity index is 2.23. The van der Waals surface area contributed by atoms with E-state index in [-0.39, 0.29) is 5.41 Å². The van der Waals surface area contributed by atoms with Gasteiger partial charge in [-0.2, -0.15) is 0 Å². The summed E-state index contributed by atoms with van der Waals surface area (Å²) in [5, 5.41) is 0. The quantitative estimate of drug-likeness (QED) is 0.500. The lowest BCUT2D eigenvalue weighted by atomic mass is 9.56. The first kappa shape index (κ1) is 6.38. The Morgan fingerprint density at radius 1 is 1.40 bits per heavy atom. The van der Waals surface area contributed by atoms with Crippen molar-refractivity contribution in [1.29, 1.82) is 0 Å². The van der Waals surface area contributed by atoms with Crippen LogP contribution in [0.25, 0.3) is 0 Å². The van der Waals surface area contributed by atoms with Gasteiger partial charge >= 0.3 is 0 Å². The predicted molar refractivity (Wildman–Crippen MR) is 39.6 cm³/mol. The molecule has 0 N–H and O–H groups in total. The van der Waals surface area contributed by atoms with Crippen LogP contribution in [0.15, 0.2) is 0 Å². The van der Waals surface area contributed by atoms with Gasteiger partial charge in [-0.05, 0) is 18.8 Å². The second kappa shape index (κ2) is 1.63. The zero-order chi connectivity index (χ0) is 7.35. The van der Waals surface area contributed by atoms with E-state index >= 15 is 0 Å². The van der Waals surface area contributed by atoms with E-state index in [1.807, 2.05) is 0 Å². The Morgan fingerprint density at radius 2 is 2.10 bits per heavy atom. The second-order valence-corrected chi connectivity index (χ2v) is 4.23. The minimum Gasteiger partial charge on any atom is -0.299 e. The van der Waals surface area contributed by atoms with Crippen molar-refractivity contribution in [3.63, 3.8) is 0 Å². The number of hydrogen-bond acceptors (Lipinski definition) is 1. The molecule has 56 valence electrons. The summed E-state index contributed by atoms with van der Waals surface area (Å²) in [5.41, 5.74) is 0.0428. The first-order valence-corrected chi connectivity index (χ1v) is 4.18. The molecule has 2 saturated carbocycles. The molecule has 2 aliphatic carbocycles. The third-order valence-corrected chi connectivity index (χ3v) is 3.41. The maximum atomic E-state index is 11.4. The van der Waals surface area contributed by atoms with Gasteiger partial charge in [-0.3, -0.25) is 4.79 Å². The molecule has 0 aromatic heterocycles. The minimum absolute atomic E-state index is 0.0428. The fourth-order valence-electron chi connectivity index (χ4n) is 2.70. The largest absolute Gasteiger partial charge is 0.299 e. The van der Waals surface area contributed by atoms with Gasteiger partial charge in [0.25, 0.3) is 0 Å². The lowest BCUT2D eigenvalue weighted by molar-refractivity contribution is -0.150. The highest BCUT2D eigenvalue weighted by molar-refractivity contribution is 5.93. The summed E-state index contributed by atoms with van der Waals surface area (Å²) in [7, 11) is 0. The Hall–Kier alpha value is -0.330. The van der Waals surface area contributed by atoms with Crippen LogP contribution in [0.3, 0.4) is 0 Å². The second-order valence-electron chi connectivity index (χ2n) is 4.23. The first-order valence-electron chi connectivity index (χ1n) is 4.18. The molecule has 0 aromatic carbocycles. The smallest absolute Gasteiger partial charge is 0.142 e. The molecule has 10 heavy (non-hydrogen) atoms. The highest BCUT2D eigenvalue weighted by Gasteiger charge is 2.56. The molecule has 0 aliphatic heterocycles. The molecule has 0 heterocycles. The van der Waals surface area contributed by atoms with Crippen LogP contribution in [0.2, 0.25) is 0 Å². The maximum Gasteiger partial charge on any atom is 0.142 e. The van der Waals surface area contributed by atoms with Crippen LogP contribution < -0.4 is 0 Å². The van der Waals surface area contributed by atoms with Crippen LogP contribution in [-0.4, -0.2) is 5.78 Å². The van der Waals surface area contributed by atoms with E-state index in [1.165, 1.54) is 19.3 Å². The number of Topliss-reactive ketones (excluding diaryl/α,β-unsaturated/α-hetero) is 1. The third-order valence-electron chi connectivity index (χ3n) is 3.41. The van der Waals surface area contributed by atoms with Crippen molar-refractivity contribution in [2.45, 2.75) is 33.1 Å². The SMILES string of the molecule is CC1(C)C(=O)[C@@H]2CCC[C@H]21. The molecule has 0 spiro atoms. The number of carbonyl (C=O) groups is 1. The van der Waals surface area contributed by atoms with Crippen molar-refractivity contribution in [2.24, 2.45) is 17.3 Å². The van der Waals surface area contributed by atoms with Crippen molar-refractivity contribution in [3.8, 4) is 0 Å². The molecular weight excluding hydrogens is 124 g/mol. The Kier molecular flexibility index (Phi) is 1.04. The van der Waals surface area contributed by atoms with Crippen LogP contribution >= 0.6 is 0 Å². The van der Waals surface area contributed by atoms with Crippen molar-refractivity contribution in [2.75, 3.05) is 0 Å². The lowest BCUT2D eigenvalue weighted by Gasteiger charge is -2.46. The minimum atomic E-state index is 0.0428. The number of rotatable bonds is 0. The van der Waals surface area contributed by atoms with Crippen molar-refractivity contribution < 1.29 is 4.79 Å². The van der Waals surface area contributed by atoms with Gasteiger partial charge in [0, 0.05) is 11.3 Å². The van der Waals surface area contributed by atoms with Crippen molar-refractivity contribution in [3.05, 3.63) is 0 Å². The van der Waals surface area contributed by atoms with E-state index < -0.39 is 0 Å². The number of ketones is 1. The zero-order valence-electron chi connectivity index (χ0n) is 6.68. The van der Waals surface area contributed by atoms with Crippen LogP contribution in [0, 0.1) is 17.3 Å². The van der Waals surface area contributed by atoms with E-state index in [0.29, 0.717) is 11.7 Å². The highest BCUT2D eigenvalue weighted by Crippen LogP contribution is 2.55. The number of hydrogen-bond donors (Lipinski definition) is 0. The summed E-state index contributed by atoms with van der Waals surface area (Å²) in [4.78, 5) is 11.4. The lowest BCUT2D eigenvalue weighted by Crippen LogP contribution is -2.51. The maximum absolute atomic E-state index is 11.4. The molecule has 0 aromatic rings. The molecule has 0 amide bonds. The summed E-state index contributed by atoms with van der Waals surface area (Å²) < 4.78 is 0. The van der Waals surface area contributed by atoms with E-state index in [1.54, 1.807) is 0 Å². The summed E-state index contributed by atoms with van der Waals surface area (Å²) in [6, 6.07) is 0. The van der Waals surface area contributed by atoms with Gasteiger partial charge < -0.3 is 0 Å². The molecule has 0 unspecified atom stereocenters. The number of carbonyl (C=O) groups excluding carboxylic acids is 1. The predicted octanol–water partition coefficient (Wildman–Crippen LogP) is 2.01. The molecular formula is C9H14O. The average Bonchev–Trinajstić information content (AvgIpc) is 2.31. The van der Waals surface area contributed by atoms with Crippen LogP contribution in [0.4, 0.5) is 0 Å². The van der Waals surface area contributed by atoms with Crippen molar-refractivity contribution in [1.82, 2.24) is 0 Å². The van der Waals surface area contributed by atoms with Crippen molar-refractivity contribution >= 4 is 5.78 Å². The average molecular weight is 138 g/mol. The topological polar surface area (TPSA) is 17.1 Å². The van der Waals surface area contributed by atoms with Gasteiger partial charge in [0.2, 0.25) is 0 Å². The molecule has 0 bridgehead atoms. The summed E-state index contributed by atoms with van der Waals surface area (Å²) in [5.74, 6) is 1.73. The standard InChI is InChI=1S/C9H14O/c1-9(2)7-5-3-4-6(7)8(9)10/h6-7H,3-5H2,1-2H3/t6-,7-/m1/s1. The van der Waals surface area contributed by atoms with Crippen LogP contribution in [0.1, 0.15) is 33.1 Å². The van der Waals surface area contributed by atoms with Gasteiger partial charge in [-0.25, -0.2) is 0 Å². The summed E-state index contributed by atoms with van der Waals surface area (Å²) in [6.07, 6.45) is 3.75. The third kappa shape index (κ3) is 0.518. The van der Waals surface area contributed by atoms with Crippen LogP contribution in [0.5, 0.6) is 0 Å². The Morgan fingerprint density at radius 3 is 2.70 bits per heavy atom. The van der Waals surface area contributed by atoms with Gasteiger partial charge in [0.1, 0.15) is 5.78 Å². The molecule has 0 radical (unpaired) electrons. The monoisotopic (exact) mass is 138 g/mol. The highest BCUT2D eigenvalue weighted by atomic mass is 16.1. The fourth-order valence-corrected chi connectivity index (χ4v) is 2.70. The molecule has 2 aliphatic rings. The zero-order valence-corrected chi connectivity index (χ0v) is 6.68. The summed E-state index contributed by atoms with van der Waals surface area (Å²) >= 11 is 0. The molecule has 2 rings (SSSR count). The molecule has 1 nitrogen and oxygen atoms in total. The van der Waals surface area contributed by atoms with Gasteiger partial charge in [-0.1, -0.05) is 20.3 Å². The van der Waals surface area contributed by atoms with E-state index in [4.69, 9.17) is 0 Å². The van der Waals surface area contributed by atoms with Crippen LogP contribution in [-0.2, 0) is 4.79 Å².